The third-order valence-corrected chi connectivity index (χ3v) is 7.55. The fraction of sp³-hybridized carbons (Fsp3) is 0.269. The minimum atomic E-state index is -5.08. The lowest BCUT2D eigenvalue weighted by Crippen LogP contribution is -2.30. The van der Waals surface area contributed by atoms with Gasteiger partial charge >= 0.3 is 18.3 Å². The summed E-state index contributed by atoms with van der Waals surface area (Å²) in [5.74, 6) is -2.32. The van der Waals surface area contributed by atoms with E-state index in [4.69, 9.17) is 14.6 Å². The van der Waals surface area contributed by atoms with Gasteiger partial charge in [-0.1, -0.05) is 6.08 Å². The summed E-state index contributed by atoms with van der Waals surface area (Å²) in [4.78, 5) is 18.4. The van der Waals surface area contributed by atoms with Gasteiger partial charge in [0, 0.05) is 30.1 Å². The number of fused-ring (bicyclic) bond motifs is 1. The molecule has 0 bridgehead atoms. The number of carboxylic acid groups (broad SMARTS) is 1. The summed E-state index contributed by atoms with van der Waals surface area (Å²) in [5.41, 5.74) is 1.79. The molecule has 0 radical (unpaired) electrons. The van der Waals surface area contributed by atoms with Crippen molar-refractivity contribution < 1.29 is 49.4 Å². The SMILES string of the molecule is O=C(O)C(F)(F)F.O=S(=O)(Nc1ccncn1)c1ccc2c(c1)OCCN2c1ccc(C(F)(F)F)cc1C1=CCNCC1. The van der Waals surface area contributed by atoms with Crippen molar-refractivity contribution in [1.82, 2.24) is 15.3 Å². The fourth-order valence-corrected chi connectivity index (χ4v) is 5.26. The van der Waals surface area contributed by atoms with Crippen molar-refractivity contribution in [1.29, 1.82) is 0 Å². The first-order chi connectivity index (χ1) is 20.2. The number of aliphatic carboxylic acids is 1. The lowest BCUT2D eigenvalue weighted by molar-refractivity contribution is -0.192. The summed E-state index contributed by atoms with van der Waals surface area (Å²) in [6.07, 6.45) is -4.41. The number of alkyl halides is 6. The minimum Gasteiger partial charge on any atom is -0.489 e. The Kier molecular flexibility index (Phi) is 9.15. The van der Waals surface area contributed by atoms with Crippen LogP contribution in [0.3, 0.4) is 0 Å². The molecule has 1 aromatic heterocycles. The van der Waals surface area contributed by atoms with Crippen molar-refractivity contribution in [2.45, 2.75) is 23.7 Å². The molecule has 2 aliphatic heterocycles. The summed E-state index contributed by atoms with van der Waals surface area (Å²) < 4.78 is 106. The van der Waals surface area contributed by atoms with Crippen LogP contribution in [0.2, 0.25) is 0 Å². The van der Waals surface area contributed by atoms with E-state index < -0.39 is 33.9 Å². The Morgan fingerprint density at radius 3 is 2.37 bits per heavy atom. The lowest BCUT2D eigenvalue weighted by atomic mass is 9.95. The summed E-state index contributed by atoms with van der Waals surface area (Å²) in [5, 5.41) is 10.3. The third-order valence-electron chi connectivity index (χ3n) is 6.19. The van der Waals surface area contributed by atoms with E-state index in [0.717, 1.165) is 11.6 Å². The molecular formula is C26H23F6N5O5S. The fourth-order valence-electron chi connectivity index (χ4n) is 4.24. The number of carboxylic acids is 1. The Morgan fingerprint density at radius 2 is 1.77 bits per heavy atom. The zero-order valence-corrected chi connectivity index (χ0v) is 22.7. The van der Waals surface area contributed by atoms with Gasteiger partial charge in [-0.05, 0) is 54.9 Å². The number of nitrogens with one attached hydrogen (secondary N) is 2. The highest BCUT2D eigenvalue weighted by molar-refractivity contribution is 7.92. The lowest BCUT2D eigenvalue weighted by Gasteiger charge is -2.34. The average molecular weight is 632 g/mol. The molecule has 0 fully saturated rings. The predicted octanol–water partition coefficient (Wildman–Crippen LogP) is 4.84. The number of ether oxygens (including phenoxy) is 1. The third kappa shape index (κ3) is 7.72. The zero-order valence-electron chi connectivity index (χ0n) is 21.9. The van der Waals surface area contributed by atoms with Crippen LogP contribution in [0.1, 0.15) is 17.5 Å². The monoisotopic (exact) mass is 631 g/mol. The number of nitrogens with zero attached hydrogens (tertiary/aromatic N) is 3. The molecule has 0 saturated carbocycles. The summed E-state index contributed by atoms with van der Waals surface area (Å²) in [6, 6.07) is 9.58. The zero-order chi connectivity index (χ0) is 31.4. The molecule has 43 heavy (non-hydrogen) atoms. The number of benzene rings is 2. The van der Waals surface area contributed by atoms with Crippen molar-refractivity contribution in [3.8, 4) is 5.75 Å². The molecule has 0 saturated heterocycles. The van der Waals surface area contributed by atoms with Gasteiger partial charge in [0.2, 0.25) is 0 Å². The first-order valence-electron chi connectivity index (χ1n) is 12.4. The number of carbonyl (C=O) groups is 1. The quantitative estimate of drug-likeness (QED) is 0.339. The Morgan fingerprint density at radius 1 is 1.05 bits per heavy atom. The van der Waals surface area contributed by atoms with Crippen LogP contribution in [0, 0.1) is 0 Å². The van der Waals surface area contributed by atoms with Crippen LogP contribution in [0.4, 0.5) is 43.5 Å². The second kappa shape index (κ2) is 12.5. The number of halogens is 6. The summed E-state index contributed by atoms with van der Waals surface area (Å²) >= 11 is 0. The molecule has 230 valence electrons. The van der Waals surface area contributed by atoms with Crippen LogP contribution in [0.25, 0.3) is 5.57 Å². The van der Waals surface area contributed by atoms with E-state index in [1.54, 1.807) is 6.07 Å². The number of hydrogen-bond donors (Lipinski definition) is 3. The van der Waals surface area contributed by atoms with Crippen LogP contribution in [-0.4, -0.2) is 61.9 Å². The van der Waals surface area contributed by atoms with Gasteiger partial charge < -0.3 is 20.1 Å². The van der Waals surface area contributed by atoms with E-state index in [0.29, 0.717) is 48.7 Å². The average Bonchev–Trinajstić information content (AvgIpc) is 2.96. The topological polar surface area (TPSA) is 134 Å². The van der Waals surface area contributed by atoms with E-state index in [9.17, 15) is 34.8 Å². The van der Waals surface area contributed by atoms with Crippen molar-refractivity contribution in [3.63, 3.8) is 0 Å². The molecule has 3 N–H and O–H groups in total. The molecule has 0 unspecified atom stereocenters. The van der Waals surface area contributed by atoms with Crippen LogP contribution in [-0.2, 0) is 21.0 Å². The Bertz CT molecular complexity index is 1610. The highest BCUT2D eigenvalue weighted by Crippen LogP contribution is 2.43. The van der Waals surface area contributed by atoms with Crippen LogP contribution in [0.15, 0.2) is 66.0 Å². The second-order valence-corrected chi connectivity index (χ2v) is 10.7. The molecule has 17 heteroatoms. The number of hydrogen-bond acceptors (Lipinski definition) is 8. The highest BCUT2D eigenvalue weighted by atomic mass is 32.2. The molecule has 0 amide bonds. The molecule has 2 aliphatic rings. The maximum Gasteiger partial charge on any atom is 0.490 e. The van der Waals surface area contributed by atoms with Gasteiger partial charge in [0.25, 0.3) is 10.0 Å². The smallest absolute Gasteiger partial charge is 0.489 e. The largest absolute Gasteiger partial charge is 0.490 e. The van der Waals surface area contributed by atoms with Crippen LogP contribution >= 0.6 is 0 Å². The van der Waals surface area contributed by atoms with E-state index in [1.165, 1.54) is 42.9 Å². The number of rotatable bonds is 5. The predicted molar refractivity (Wildman–Crippen MR) is 142 cm³/mol. The molecular weight excluding hydrogens is 608 g/mol. The number of sulfonamides is 1. The van der Waals surface area contributed by atoms with Gasteiger partial charge in [0.05, 0.1) is 22.7 Å². The van der Waals surface area contributed by atoms with E-state index in [-0.39, 0.29) is 17.3 Å². The van der Waals surface area contributed by atoms with E-state index >= 15 is 0 Å². The van der Waals surface area contributed by atoms with Crippen molar-refractivity contribution >= 4 is 38.8 Å². The first kappa shape index (κ1) is 31.6. The molecule has 5 rings (SSSR count). The Labute approximate surface area is 241 Å². The molecule has 3 aromatic rings. The van der Waals surface area contributed by atoms with Gasteiger partial charge in [-0.15, -0.1) is 0 Å². The minimum absolute atomic E-state index is 0.0320. The molecule has 0 atom stereocenters. The van der Waals surface area contributed by atoms with Crippen LogP contribution < -0.4 is 19.7 Å². The standard InChI is InChI=1S/C24H22F3N5O3S.C2HF3O2/c25-24(26,27)17-1-3-20(19(13-17)16-5-8-28-9-6-16)32-11-12-35-22-14-18(2-4-21(22)32)36(33,34)31-23-7-10-29-15-30-23;3-2(4,5)1(6)7/h1-5,7,10,13-15,28H,6,8-9,11-12H2,(H,29,30,31);(H,6,7). The summed E-state index contributed by atoms with van der Waals surface area (Å²) in [6.45, 7) is 1.87. The van der Waals surface area contributed by atoms with E-state index in [2.05, 4.69) is 20.0 Å². The van der Waals surface area contributed by atoms with Crippen molar-refractivity contribution in [2.24, 2.45) is 0 Å². The van der Waals surface area contributed by atoms with E-state index in [1.807, 2.05) is 11.0 Å². The molecule has 10 nitrogen and oxygen atoms in total. The normalized spacial score (nSPS) is 15.3. The maximum atomic E-state index is 13.5. The molecule has 0 spiro atoms. The van der Waals surface area contributed by atoms with Crippen LogP contribution in [0.5, 0.6) is 5.75 Å². The van der Waals surface area contributed by atoms with Gasteiger partial charge in [-0.3, -0.25) is 4.72 Å². The maximum absolute atomic E-state index is 13.5. The number of aromatic nitrogens is 2. The number of anilines is 3. The van der Waals surface area contributed by atoms with Gasteiger partial charge in [-0.2, -0.15) is 26.3 Å². The Hall–Kier alpha value is -4.38. The Balaban J connectivity index is 0.000000541. The van der Waals surface area contributed by atoms with Gasteiger partial charge in [0.1, 0.15) is 24.5 Å². The first-order valence-corrected chi connectivity index (χ1v) is 13.9. The second-order valence-electron chi connectivity index (χ2n) is 9.05. The van der Waals surface area contributed by atoms with Crippen molar-refractivity contribution in [2.75, 3.05) is 35.9 Å². The molecule has 0 aliphatic carbocycles. The summed E-state index contributed by atoms with van der Waals surface area (Å²) in [7, 11) is -3.96. The highest BCUT2D eigenvalue weighted by Gasteiger charge is 2.38. The van der Waals surface area contributed by atoms with Gasteiger partial charge in [0.15, 0.2) is 0 Å². The van der Waals surface area contributed by atoms with Gasteiger partial charge in [-0.25, -0.2) is 23.2 Å². The molecule has 3 heterocycles. The molecule has 2 aromatic carbocycles. The van der Waals surface area contributed by atoms with Crippen molar-refractivity contribution in [3.05, 3.63) is 72.2 Å².